The molecule has 6 nitrogen and oxygen atoms in total. The van der Waals surface area contributed by atoms with Crippen molar-refractivity contribution in [2.45, 2.75) is 24.9 Å². The zero-order chi connectivity index (χ0) is 16.3. The van der Waals surface area contributed by atoms with Crippen LogP contribution in [0.5, 0.6) is 0 Å². The molecule has 0 aromatic carbocycles. The van der Waals surface area contributed by atoms with Gasteiger partial charge < -0.3 is 19.1 Å². The maximum absolute atomic E-state index is 11.6. The van der Waals surface area contributed by atoms with Crippen molar-refractivity contribution in [1.29, 1.82) is 0 Å². The van der Waals surface area contributed by atoms with Gasteiger partial charge in [-0.3, -0.25) is 9.69 Å². The fraction of sp³-hybridized carbons (Fsp3) is 0.941. The first-order chi connectivity index (χ1) is 11.1. The molecule has 0 aromatic rings. The first-order valence-corrected chi connectivity index (χ1v) is 8.81. The predicted octanol–water partition coefficient (Wildman–Crippen LogP) is 0.609. The van der Waals surface area contributed by atoms with Crippen LogP contribution in [0.3, 0.4) is 0 Å². The Labute approximate surface area is 139 Å². The molecule has 3 fully saturated rings. The lowest BCUT2D eigenvalue weighted by Crippen LogP contribution is -2.66. The Hall–Kier alpha value is -0.690. The summed E-state index contributed by atoms with van der Waals surface area (Å²) < 4.78 is 17.2. The molecule has 0 bridgehead atoms. The monoisotopic (exact) mass is 326 g/mol. The van der Waals surface area contributed by atoms with Gasteiger partial charge in [0.15, 0.2) is 0 Å². The van der Waals surface area contributed by atoms with Crippen LogP contribution in [-0.4, -0.2) is 88.1 Å². The van der Waals surface area contributed by atoms with E-state index in [1.807, 2.05) is 0 Å². The fourth-order valence-corrected chi connectivity index (χ4v) is 3.92. The molecular formula is C17H30N2O4. The van der Waals surface area contributed by atoms with Crippen molar-refractivity contribution in [3.05, 3.63) is 0 Å². The number of carbonyl (C=O) groups excluding carboxylic acids is 1. The quantitative estimate of drug-likeness (QED) is 0.716. The smallest absolute Gasteiger partial charge is 0.248 e. The number of ether oxygens (including phenoxy) is 3. The van der Waals surface area contributed by atoms with E-state index in [9.17, 15) is 4.79 Å². The molecule has 3 aliphatic rings. The Morgan fingerprint density at radius 3 is 2.65 bits per heavy atom. The first-order valence-electron chi connectivity index (χ1n) is 8.81. The fourth-order valence-electron chi connectivity index (χ4n) is 3.92. The molecule has 0 radical (unpaired) electrons. The van der Waals surface area contributed by atoms with Gasteiger partial charge in [-0.15, -0.1) is 0 Å². The van der Waals surface area contributed by atoms with E-state index >= 15 is 0 Å². The molecular weight excluding hydrogens is 296 g/mol. The third-order valence-corrected chi connectivity index (χ3v) is 5.48. The molecule has 0 N–H and O–H groups in total. The van der Waals surface area contributed by atoms with E-state index in [0.29, 0.717) is 12.5 Å². The SMILES string of the molecule is CN(C)C(=O)COCC1CCOC12CN(CC1CCOCC1)C2. The standard InChI is InChI=1S/C17H30N2O4/c1-18(2)16(20)11-22-10-15-5-8-23-17(15)12-19(13-17)9-14-3-6-21-7-4-14/h14-15H,3-13H2,1-2H3. The van der Waals surface area contributed by atoms with Gasteiger partial charge in [-0.2, -0.15) is 0 Å². The molecule has 0 aliphatic carbocycles. The van der Waals surface area contributed by atoms with Gasteiger partial charge >= 0.3 is 0 Å². The third-order valence-electron chi connectivity index (χ3n) is 5.48. The average Bonchev–Trinajstić information content (AvgIpc) is 2.91. The van der Waals surface area contributed by atoms with Gasteiger partial charge in [0, 0.05) is 59.5 Å². The Bertz CT molecular complexity index is 403. The van der Waals surface area contributed by atoms with Gasteiger partial charge in [-0.05, 0) is 25.2 Å². The van der Waals surface area contributed by atoms with E-state index in [1.165, 1.54) is 19.4 Å². The topological polar surface area (TPSA) is 51.2 Å². The minimum absolute atomic E-state index is 0.0210. The zero-order valence-corrected chi connectivity index (χ0v) is 14.5. The zero-order valence-electron chi connectivity index (χ0n) is 14.5. The first kappa shape index (κ1) is 17.1. The Balaban J connectivity index is 1.40. The summed E-state index contributed by atoms with van der Waals surface area (Å²) in [4.78, 5) is 15.7. The highest BCUT2D eigenvalue weighted by atomic mass is 16.5. The Kier molecular flexibility index (Phi) is 5.57. The van der Waals surface area contributed by atoms with Gasteiger partial charge in [0.2, 0.25) is 5.91 Å². The highest BCUT2D eigenvalue weighted by Crippen LogP contribution is 2.40. The predicted molar refractivity (Wildman–Crippen MR) is 86.3 cm³/mol. The lowest BCUT2D eigenvalue weighted by Gasteiger charge is -2.51. The van der Waals surface area contributed by atoms with E-state index in [-0.39, 0.29) is 18.1 Å². The third kappa shape index (κ3) is 4.05. The summed E-state index contributed by atoms with van der Waals surface area (Å²) in [5, 5.41) is 0. The van der Waals surface area contributed by atoms with Crippen LogP contribution in [0.1, 0.15) is 19.3 Å². The lowest BCUT2D eigenvalue weighted by molar-refractivity contribution is -0.152. The van der Waals surface area contributed by atoms with Crippen LogP contribution in [0, 0.1) is 11.8 Å². The Morgan fingerprint density at radius 1 is 1.22 bits per heavy atom. The molecule has 1 unspecified atom stereocenters. The van der Waals surface area contributed by atoms with Gasteiger partial charge in [0.05, 0.1) is 12.2 Å². The molecule has 3 aliphatic heterocycles. The number of hydrogen-bond donors (Lipinski definition) is 0. The molecule has 1 amide bonds. The van der Waals surface area contributed by atoms with Crippen LogP contribution in [0.15, 0.2) is 0 Å². The summed E-state index contributed by atoms with van der Waals surface area (Å²) in [7, 11) is 3.51. The van der Waals surface area contributed by atoms with Crippen molar-refractivity contribution < 1.29 is 19.0 Å². The number of likely N-dealkylation sites (tertiary alicyclic amines) is 1. The van der Waals surface area contributed by atoms with Crippen LogP contribution in [0.2, 0.25) is 0 Å². The van der Waals surface area contributed by atoms with Crippen LogP contribution >= 0.6 is 0 Å². The number of carbonyl (C=O) groups is 1. The lowest BCUT2D eigenvalue weighted by atomic mass is 9.80. The molecule has 3 rings (SSSR count). The molecule has 3 saturated heterocycles. The van der Waals surface area contributed by atoms with E-state index < -0.39 is 0 Å². The molecule has 23 heavy (non-hydrogen) atoms. The summed E-state index contributed by atoms with van der Waals surface area (Å²) in [6.45, 7) is 6.64. The molecule has 1 spiro atoms. The second-order valence-electron chi connectivity index (χ2n) is 7.43. The van der Waals surface area contributed by atoms with Crippen LogP contribution in [0.4, 0.5) is 0 Å². The van der Waals surface area contributed by atoms with Gasteiger partial charge in [-0.1, -0.05) is 0 Å². The average molecular weight is 326 g/mol. The number of likely N-dealkylation sites (N-methyl/N-ethyl adjacent to an activating group) is 1. The number of rotatable bonds is 6. The van der Waals surface area contributed by atoms with Crippen molar-refractivity contribution in [3.63, 3.8) is 0 Å². The minimum atomic E-state index is -0.0215. The maximum Gasteiger partial charge on any atom is 0.248 e. The summed E-state index contributed by atoms with van der Waals surface area (Å²) in [5.74, 6) is 1.21. The molecule has 6 heteroatoms. The second kappa shape index (κ2) is 7.47. The molecule has 3 heterocycles. The minimum Gasteiger partial charge on any atom is -0.381 e. The summed E-state index contributed by atoms with van der Waals surface area (Å²) in [6, 6.07) is 0. The number of amides is 1. The van der Waals surface area contributed by atoms with E-state index in [0.717, 1.165) is 45.2 Å². The second-order valence-corrected chi connectivity index (χ2v) is 7.43. The van der Waals surface area contributed by atoms with E-state index in [1.54, 1.807) is 19.0 Å². The van der Waals surface area contributed by atoms with Gasteiger partial charge in [0.25, 0.3) is 0 Å². The highest BCUT2D eigenvalue weighted by Gasteiger charge is 2.53. The normalized spacial score (nSPS) is 28.0. The maximum atomic E-state index is 11.6. The van der Waals surface area contributed by atoms with E-state index in [2.05, 4.69) is 4.90 Å². The summed E-state index contributed by atoms with van der Waals surface area (Å²) in [6.07, 6.45) is 3.41. The van der Waals surface area contributed by atoms with Crippen LogP contribution in [-0.2, 0) is 19.0 Å². The summed E-state index contributed by atoms with van der Waals surface area (Å²) >= 11 is 0. The summed E-state index contributed by atoms with van der Waals surface area (Å²) in [5.41, 5.74) is -0.0215. The van der Waals surface area contributed by atoms with Crippen LogP contribution < -0.4 is 0 Å². The van der Waals surface area contributed by atoms with Gasteiger partial charge in [0.1, 0.15) is 6.61 Å². The number of hydrogen-bond acceptors (Lipinski definition) is 5. The van der Waals surface area contributed by atoms with Gasteiger partial charge in [-0.25, -0.2) is 0 Å². The largest absolute Gasteiger partial charge is 0.381 e. The molecule has 0 saturated carbocycles. The molecule has 0 aromatic heterocycles. The van der Waals surface area contributed by atoms with Crippen molar-refractivity contribution in [3.8, 4) is 0 Å². The van der Waals surface area contributed by atoms with Crippen molar-refractivity contribution in [2.75, 3.05) is 66.8 Å². The highest BCUT2D eigenvalue weighted by molar-refractivity contribution is 5.76. The van der Waals surface area contributed by atoms with Crippen molar-refractivity contribution >= 4 is 5.91 Å². The van der Waals surface area contributed by atoms with Crippen molar-refractivity contribution in [1.82, 2.24) is 9.80 Å². The molecule has 1 atom stereocenters. The van der Waals surface area contributed by atoms with Crippen LogP contribution in [0.25, 0.3) is 0 Å². The number of nitrogens with zero attached hydrogens (tertiary/aromatic N) is 2. The van der Waals surface area contributed by atoms with E-state index in [4.69, 9.17) is 14.2 Å². The molecule has 132 valence electrons. The van der Waals surface area contributed by atoms with Crippen molar-refractivity contribution in [2.24, 2.45) is 11.8 Å². The Morgan fingerprint density at radius 2 is 1.96 bits per heavy atom.